The summed E-state index contributed by atoms with van der Waals surface area (Å²) in [4.78, 5) is 34.7. The molecular weight excluding hydrogens is 432 g/mol. The number of nitro groups is 1. The van der Waals surface area contributed by atoms with Gasteiger partial charge in [0.1, 0.15) is 5.92 Å². The third-order valence-corrected chi connectivity index (χ3v) is 4.79. The second-order valence-corrected chi connectivity index (χ2v) is 6.99. The first-order valence-electron chi connectivity index (χ1n) is 8.19. The van der Waals surface area contributed by atoms with Crippen molar-refractivity contribution < 1.29 is 19.6 Å². The van der Waals surface area contributed by atoms with Crippen LogP contribution in [0.2, 0.25) is 0 Å². The summed E-state index contributed by atoms with van der Waals surface area (Å²) in [5.41, 5.74) is 2.40. The molecule has 2 aromatic carbocycles. The van der Waals surface area contributed by atoms with Gasteiger partial charge >= 0.3 is 0 Å². The highest BCUT2D eigenvalue weighted by molar-refractivity contribution is 9.10. The van der Waals surface area contributed by atoms with E-state index in [2.05, 4.69) is 31.8 Å². The number of hydrazone groups is 1. The van der Waals surface area contributed by atoms with Crippen molar-refractivity contribution in [2.75, 3.05) is 6.54 Å². The second kappa shape index (κ2) is 8.17. The predicted octanol–water partition coefficient (Wildman–Crippen LogP) is 1.41. The molecule has 2 amide bonds. The third kappa shape index (κ3) is 4.01. The van der Waals surface area contributed by atoms with Crippen LogP contribution in [0.25, 0.3) is 0 Å². The average Bonchev–Trinajstić information content (AvgIpc) is 3.06. The predicted molar refractivity (Wildman–Crippen MR) is 102 cm³/mol. The zero-order valence-corrected chi connectivity index (χ0v) is 15.9. The molecule has 2 aromatic rings. The SMILES string of the molecule is O=C1NC[C@H](c2ccccc2)[C@H]1C(=O)NN=Cc1cc(Br)cc([N+](=O)[O-])c1[O-]. The Hall–Kier alpha value is -3.27. The highest BCUT2D eigenvalue weighted by Gasteiger charge is 2.40. The number of rotatable bonds is 5. The van der Waals surface area contributed by atoms with Gasteiger partial charge in [-0.3, -0.25) is 19.7 Å². The summed E-state index contributed by atoms with van der Waals surface area (Å²) in [6, 6.07) is 11.6. The molecule has 0 bridgehead atoms. The summed E-state index contributed by atoms with van der Waals surface area (Å²) >= 11 is 3.09. The van der Waals surface area contributed by atoms with Crippen molar-refractivity contribution >= 4 is 39.6 Å². The van der Waals surface area contributed by atoms with Gasteiger partial charge in [0, 0.05) is 23.0 Å². The first-order chi connectivity index (χ1) is 13.4. The summed E-state index contributed by atoms with van der Waals surface area (Å²) < 4.78 is 0.325. The van der Waals surface area contributed by atoms with E-state index in [1.165, 1.54) is 6.07 Å². The highest BCUT2D eigenvalue weighted by atomic mass is 79.9. The highest BCUT2D eigenvalue weighted by Crippen LogP contribution is 2.31. The van der Waals surface area contributed by atoms with Crippen LogP contribution < -0.4 is 15.8 Å². The molecule has 0 radical (unpaired) electrons. The van der Waals surface area contributed by atoms with Gasteiger partial charge in [0.25, 0.3) is 11.6 Å². The molecule has 28 heavy (non-hydrogen) atoms. The first kappa shape index (κ1) is 19.5. The molecule has 1 heterocycles. The number of halogens is 1. The van der Waals surface area contributed by atoms with Crippen LogP contribution in [0.3, 0.4) is 0 Å². The van der Waals surface area contributed by atoms with Crippen molar-refractivity contribution in [2.24, 2.45) is 11.0 Å². The summed E-state index contributed by atoms with van der Waals surface area (Å²) in [7, 11) is 0. The zero-order chi connectivity index (χ0) is 20.3. The molecule has 0 aromatic heterocycles. The minimum Gasteiger partial charge on any atom is -0.867 e. The van der Waals surface area contributed by atoms with Crippen LogP contribution in [0.5, 0.6) is 5.75 Å². The molecular formula is C18H14BrN4O5-. The molecule has 1 saturated heterocycles. The number of hydrogen-bond donors (Lipinski definition) is 2. The van der Waals surface area contributed by atoms with Crippen molar-refractivity contribution in [2.45, 2.75) is 5.92 Å². The average molecular weight is 446 g/mol. The zero-order valence-electron chi connectivity index (χ0n) is 14.3. The van der Waals surface area contributed by atoms with Crippen molar-refractivity contribution in [3.63, 3.8) is 0 Å². The van der Waals surface area contributed by atoms with E-state index in [0.717, 1.165) is 17.8 Å². The molecule has 1 fully saturated rings. The number of amides is 2. The van der Waals surface area contributed by atoms with Crippen LogP contribution in [0.4, 0.5) is 5.69 Å². The topological polar surface area (TPSA) is 137 Å². The standard InChI is InChI=1S/C18H15BrN4O5/c19-12-6-11(16(24)14(7-12)23(27)28)8-21-22-18(26)15-13(9-20-17(15)25)10-4-2-1-3-5-10/h1-8,13,15,24H,9H2,(H,20,25)(H,22,26)/p-1/t13-,15-/m1/s1. The largest absolute Gasteiger partial charge is 0.867 e. The Kier molecular flexibility index (Phi) is 5.69. The number of carbonyl (C=O) groups excluding carboxylic acids is 2. The normalized spacial score (nSPS) is 18.8. The molecule has 2 N–H and O–H groups in total. The smallest absolute Gasteiger partial charge is 0.263 e. The van der Waals surface area contributed by atoms with Crippen LogP contribution in [0, 0.1) is 16.0 Å². The van der Waals surface area contributed by atoms with Crippen LogP contribution >= 0.6 is 15.9 Å². The fraction of sp³-hybridized carbons (Fsp3) is 0.167. The molecule has 10 heteroatoms. The number of nitrogens with zero attached hydrogens (tertiary/aromatic N) is 2. The van der Waals surface area contributed by atoms with Crippen LogP contribution in [-0.2, 0) is 9.59 Å². The number of hydrogen-bond acceptors (Lipinski definition) is 6. The Morgan fingerprint density at radius 1 is 1.32 bits per heavy atom. The van der Waals surface area contributed by atoms with Gasteiger partial charge in [0.05, 0.1) is 11.1 Å². The monoisotopic (exact) mass is 445 g/mol. The number of nitro benzene ring substituents is 1. The van der Waals surface area contributed by atoms with Gasteiger partial charge in [-0.05, 0) is 22.9 Å². The molecule has 0 spiro atoms. The minimum absolute atomic E-state index is 0.0724. The van der Waals surface area contributed by atoms with Crippen LogP contribution in [-0.4, -0.2) is 29.5 Å². The van der Waals surface area contributed by atoms with Crippen molar-refractivity contribution in [3.05, 3.63) is 68.2 Å². The molecule has 3 rings (SSSR count). The van der Waals surface area contributed by atoms with Crippen molar-refractivity contribution in [3.8, 4) is 5.75 Å². The Balaban J connectivity index is 1.76. The summed E-state index contributed by atoms with van der Waals surface area (Å²) in [6.45, 7) is 0.327. The molecule has 1 aliphatic heterocycles. The van der Waals surface area contributed by atoms with Gasteiger partial charge in [-0.15, -0.1) is 0 Å². The van der Waals surface area contributed by atoms with Gasteiger partial charge in [-0.2, -0.15) is 5.10 Å². The van der Waals surface area contributed by atoms with Crippen molar-refractivity contribution in [1.82, 2.24) is 10.7 Å². The molecule has 9 nitrogen and oxygen atoms in total. The fourth-order valence-corrected chi connectivity index (χ4v) is 3.46. The van der Waals surface area contributed by atoms with Gasteiger partial charge in [0.15, 0.2) is 0 Å². The summed E-state index contributed by atoms with van der Waals surface area (Å²) in [5, 5.41) is 29.3. The first-order valence-corrected chi connectivity index (χ1v) is 8.98. The number of benzene rings is 2. The Morgan fingerprint density at radius 3 is 2.71 bits per heavy atom. The molecule has 2 atom stereocenters. The van der Waals surface area contributed by atoms with Crippen LogP contribution in [0.15, 0.2) is 52.0 Å². The third-order valence-electron chi connectivity index (χ3n) is 4.33. The van der Waals surface area contributed by atoms with E-state index in [1.807, 2.05) is 30.3 Å². The fourth-order valence-electron chi connectivity index (χ4n) is 3.00. The number of carbonyl (C=O) groups is 2. The second-order valence-electron chi connectivity index (χ2n) is 6.07. The molecule has 1 aliphatic rings. The quantitative estimate of drug-likeness (QED) is 0.310. The van der Waals surface area contributed by atoms with E-state index < -0.39 is 34.1 Å². The Labute approximate surface area is 167 Å². The Bertz CT molecular complexity index is 964. The molecule has 0 aliphatic carbocycles. The van der Waals surface area contributed by atoms with Gasteiger partial charge in [0.2, 0.25) is 5.91 Å². The Morgan fingerprint density at radius 2 is 2.04 bits per heavy atom. The summed E-state index contributed by atoms with van der Waals surface area (Å²) in [6.07, 6.45) is 1.02. The van der Waals surface area contributed by atoms with E-state index in [-0.39, 0.29) is 11.5 Å². The maximum atomic E-state index is 12.5. The summed E-state index contributed by atoms with van der Waals surface area (Å²) in [5.74, 6) is -3.18. The van der Waals surface area contributed by atoms with E-state index >= 15 is 0 Å². The molecule has 0 saturated carbocycles. The van der Waals surface area contributed by atoms with E-state index in [0.29, 0.717) is 11.0 Å². The lowest BCUT2D eigenvalue weighted by atomic mass is 9.88. The molecule has 0 unspecified atom stereocenters. The van der Waals surface area contributed by atoms with Crippen molar-refractivity contribution in [1.29, 1.82) is 0 Å². The minimum atomic E-state index is -0.969. The van der Waals surface area contributed by atoms with Crippen LogP contribution in [0.1, 0.15) is 17.0 Å². The maximum absolute atomic E-state index is 12.5. The maximum Gasteiger partial charge on any atom is 0.263 e. The van der Waals surface area contributed by atoms with E-state index in [9.17, 15) is 24.8 Å². The van der Waals surface area contributed by atoms with Gasteiger partial charge < -0.3 is 10.4 Å². The van der Waals surface area contributed by atoms with E-state index in [4.69, 9.17) is 0 Å². The van der Waals surface area contributed by atoms with Gasteiger partial charge in [-0.1, -0.05) is 46.3 Å². The molecule has 144 valence electrons. The van der Waals surface area contributed by atoms with E-state index in [1.54, 1.807) is 0 Å². The lowest BCUT2D eigenvalue weighted by molar-refractivity contribution is -0.398. The lowest BCUT2D eigenvalue weighted by Gasteiger charge is -2.15. The number of nitrogens with one attached hydrogen (secondary N) is 2. The lowest BCUT2D eigenvalue weighted by Crippen LogP contribution is -2.34. The van der Waals surface area contributed by atoms with Gasteiger partial charge in [-0.25, -0.2) is 5.43 Å².